The van der Waals surface area contributed by atoms with Crippen LogP contribution in [0.25, 0.3) is 0 Å². The average molecular weight is 291 g/mol. The van der Waals surface area contributed by atoms with E-state index in [1.807, 2.05) is 7.05 Å². The van der Waals surface area contributed by atoms with E-state index in [1.165, 1.54) is 37.1 Å². The number of benzene rings is 1. The van der Waals surface area contributed by atoms with Gasteiger partial charge in [0.1, 0.15) is 0 Å². The van der Waals surface area contributed by atoms with Gasteiger partial charge in [-0.15, -0.1) is 0 Å². The first kappa shape index (κ1) is 18.0. The predicted molar refractivity (Wildman–Crippen MR) is 94.1 cm³/mol. The molecular formula is C18H33N3. The van der Waals surface area contributed by atoms with E-state index in [-0.39, 0.29) is 0 Å². The fraction of sp³-hybridized carbons (Fsp3) is 0.667. The van der Waals surface area contributed by atoms with Crippen molar-refractivity contribution in [2.75, 3.05) is 45.2 Å². The van der Waals surface area contributed by atoms with E-state index < -0.39 is 0 Å². The Morgan fingerprint density at radius 3 is 2.29 bits per heavy atom. The highest BCUT2D eigenvalue weighted by Gasteiger charge is 2.04. The van der Waals surface area contributed by atoms with Crippen LogP contribution in [0.4, 0.5) is 5.69 Å². The van der Waals surface area contributed by atoms with Crippen molar-refractivity contribution in [3.05, 3.63) is 29.8 Å². The van der Waals surface area contributed by atoms with Crippen LogP contribution >= 0.6 is 0 Å². The van der Waals surface area contributed by atoms with Gasteiger partial charge in [0.05, 0.1) is 0 Å². The Morgan fingerprint density at radius 1 is 1.00 bits per heavy atom. The lowest BCUT2D eigenvalue weighted by molar-refractivity contribution is 0.318. The van der Waals surface area contributed by atoms with Gasteiger partial charge in [0.15, 0.2) is 0 Å². The lowest BCUT2D eigenvalue weighted by Crippen LogP contribution is -2.30. The Labute approximate surface area is 131 Å². The third-order valence-electron chi connectivity index (χ3n) is 3.91. The molecule has 0 saturated carbocycles. The quantitative estimate of drug-likeness (QED) is 0.631. The average Bonchev–Trinajstić information content (AvgIpc) is 2.50. The van der Waals surface area contributed by atoms with Gasteiger partial charge in [-0.05, 0) is 51.7 Å². The van der Waals surface area contributed by atoms with E-state index >= 15 is 0 Å². The minimum Gasteiger partial charge on any atom is -0.371 e. The number of anilines is 1. The predicted octanol–water partition coefficient (Wildman–Crippen LogP) is 3.35. The molecule has 120 valence electrons. The molecule has 3 nitrogen and oxygen atoms in total. The molecule has 0 aliphatic rings. The van der Waals surface area contributed by atoms with Gasteiger partial charge in [-0.25, -0.2) is 0 Å². The van der Waals surface area contributed by atoms with Crippen molar-refractivity contribution in [1.29, 1.82) is 0 Å². The summed E-state index contributed by atoms with van der Waals surface area (Å²) in [5.41, 5.74) is 2.73. The van der Waals surface area contributed by atoms with Gasteiger partial charge in [-0.1, -0.05) is 31.9 Å². The SMILES string of the molecule is CCCCCN(C)Cc1ccc(N(CC)CCNC)cc1. The van der Waals surface area contributed by atoms with Crippen LogP contribution in [-0.2, 0) is 6.54 Å². The Bertz CT molecular complexity index is 361. The van der Waals surface area contributed by atoms with Crippen molar-refractivity contribution in [2.45, 2.75) is 39.7 Å². The van der Waals surface area contributed by atoms with E-state index in [1.54, 1.807) is 0 Å². The number of unbranched alkanes of at least 4 members (excludes halogenated alkanes) is 2. The second kappa shape index (κ2) is 10.6. The summed E-state index contributed by atoms with van der Waals surface area (Å²) in [5, 5.41) is 3.22. The second-order valence-electron chi connectivity index (χ2n) is 5.79. The molecule has 0 fully saturated rings. The first-order chi connectivity index (χ1) is 10.2. The van der Waals surface area contributed by atoms with Crippen molar-refractivity contribution in [2.24, 2.45) is 0 Å². The lowest BCUT2D eigenvalue weighted by atomic mass is 10.1. The van der Waals surface area contributed by atoms with Crippen LogP contribution in [0.5, 0.6) is 0 Å². The zero-order chi connectivity index (χ0) is 15.5. The highest BCUT2D eigenvalue weighted by atomic mass is 15.1. The molecule has 0 saturated heterocycles. The maximum Gasteiger partial charge on any atom is 0.0366 e. The number of likely N-dealkylation sites (N-methyl/N-ethyl adjacent to an activating group) is 2. The summed E-state index contributed by atoms with van der Waals surface area (Å²) in [6, 6.07) is 9.06. The highest BCUT2D eigenvalue weighted by Crippen LogP contribution is 2.16. The summed E-state index contributed by atoms with van der Waals surface area (Å²) in [6.07, 6.45) is 3.93. The van der Waals surface area contributed by atoms with E-state index in [9.17, 15) is 0 Å². The normalized spacial score (nSPS) is 11.1. The summed E-state index contributed by atoms with van der Waals surface area (Å²) in [7, 11) is 4.22. The van der Waals surface area contributed by atoms with Crippen molar-refractivity contribution >= 4 is 5.69 Å². The van der Waals surface area contributed by atoms with Gasteiger partial charge in [-0.3, -0.25) is 0 Å². The molecule has 0 aliphatic heterocycles. The zero-order valence-corrected chi connectivity index (χ0v) is 14.4. The topological polar surface area (TPSA) is 18.5 Å². The second-order valence-corrected chi connectivity index (χ2v) is 5.79. The Morgan fingerprint density at radius 2 is 1.71 bits per heavy atom. The Hall–Kier alpha value is -1.06. The molecule has 0 unspecified atom stereocenters. The number of hydrogen-bond donors (Lipinski definition) is 1. The summed E-state index contributed by atoms with van der Waals surface area (Å²) < 4.78 is 0. The molecule has 1 rings (SSSR count). The molecule has 0 bridgehead atoms. The summed E-state index contributed by atoms with van der Waals surface area (Å²) in [4.78, 5) is 4.83. The van der Waals surface area contributed by atoms with Crippen molar-refractivity contribution in [3.8, 4) is 0 Å². The third-order valence-corrected chi connectivity index (χ3v) is 3.91. The molecule has 0 atom stereocenters. The van der Waals surface area contributed by atoms with E-state index in [0.29, 0.717) is 0 Å². The molecule has 0 aromatic heterocycles. The van der Waals surface area contributed by atoms with Crippen molar-refractivity contribution < 1.29 is 0 Å². The summed E-state index contributed by atoms with van der Waals surface area (Å²) in [6.45, 7) is 9.85. The molecule has 0 radical (unpaired) electrons. The van der Waals surface area contributed by atoms with Crippen LogP contribution in [0.1, 0.15) is 38.7 Å². The van der Waals surface area contributed by atoms with Gasteiger partial charge in [0, 0.05) is 31.9 Å². The number of nitrogens with zero attached hydrogens (tertiary/aromatic N) is 2. The molecule has 0 spiro atoms. The molecule has 0 heterocycles. The zero-order valence-electron chi connectivity index (χ0n) is 14.4. The Kier molecular flexibility index (Phi) is 9.11. The summed E-state index contributed by atoms with van der Waals surface area (Å²) in [5.74, 6) is 0. The molecule has 1 aromatic carbocycles. The highest BCUT2D eigenvalue weighted by molar-refractivity contribution is 5.47. The molecule has 21 heavy (non-hydrogen) atoms. The van der Waals surface area contributed by atoms with Crippen LogP contribution in [0.15, 0.2) is 24.3 Å². The largest absolute Gasteiger partial charge is 0.371 e. The maximum absolute atomic E-state index is 3.22. The van der Waals surface area contributed by atoms with Crippen LogP contribution in [0.3, 0.4) is 0 Å². The maximum atomic E-state index is 3.22. The van der Waals surface area contributed by atoms with Gasteiger partial charge in [0.2, 0.25) is 0 Å². The molecule has 1 N–H and O–H groups in total. The number of hydrogen-bond acceptors (Lipinski definition) is 3. The van der Waals surface area contributed by atoms with Crippen LogP contribution in [0.2, 0.25) is 0 Å². The van der Waals surface area contributed by atoms with Gasteiger partial charge >= 0.3 is 0 Å². The van der Waals surface area contributed by atoms with Gasteiger partial charge in [-0.2, -0.15) is 0 Å². The van der Waals surface area contributed by atoms with E-state index in [2.05, 4.69) is 60.3 Å². The van der Waals surface area contributed by atoms with Crippen molar-refractivity contribution in [3.63, 3.8) is 0 Å². The lowest BCUT2D eigenvalue weighted by Gasteiger charge is -2.23. The first-order valence-corrected chi connectivity index (χ1v) is 8.38. The summed E-state index contributed by atoms with van der Waals surface area (Å²) >= 11 is 0. The molecule has 0 aliphatic carbocycles. The molecule has 3 heteroatoms. The Balaban J connectivity index is 2.48. The van der Waals surface area contributed by atoms with Gasteiger partial charge in [0.25, 0.3) is 0 Å². The fourth-order valence-corrected chi connectivity index (χ4v) is 2.55. The van der Waals surface area contributed by atoms with Crippen LogP contribution in [-0.4, -0.2) is 45.2 Å². The minimum absolute atomic E-state index is 1.02. The number of rotatable bonds is 11. The van der Waals surface area contributed by atoms with Crippen LogP contribution < -0.4 is 10.2 Å². The van der Waals surface area contributed by atoms with E-state index in [4.69, 9.17) is 0 Å². The molecular weight excluding hydrogens is 258 g/mol. The van der Waals surface area contributed by atoms with Gasteiger partial charge < -0.3 is 15.1 Å². The van der Waals surface area contributed by atoms with Crippen LogP contribution in [0, 0.1) is 0 Å². The van der Waals surface area contributed by atoms with E-state index in [0.717, 1.165) is 26.2 Å². The first-order valence-electron chi connectivity index (χ1n) is 8.38. The monoisotopic (exact) mass is 291 g/mol. The fourth-order valence-electron chi connectivity index (χ4n) is 2.55. The smallest absolute Gasteiger partial charge is 0.0366 e. The molecule has 1 aromatic rings. The standard InChI is InChI=1S/C18H33N3/c1-5-7-8-14-20(4)16-17-9-11-18(12-10-17)21(6-2)15-13-19-3/h9-12,19H,5-8,13-16H2,1-4H3. The third kappa shape index (κ3) is 6.96. The minimum atomic E-state index is 1.02. The number of nitrogens with one attached hydrogen (secondary N) is 1. The van der Waals surface area contributed by atoms with Crippen molar-refractivity contribution in [1.82, 2.24) is 10.2 Å². The molecule has 0 amide bonds.